The van der Waals surface area contributed by atoms with E-state index in [0.29, 0.717) is 12.8 Å². The van der Waals surface area contributed by atoms with Gasteiger partial charge in [0.2, 0.25) is 0 Å². The number of carbonyl (C=O) groups is 1. The predicted octanol–water partition coefficient (Wildman–Crippen LogP) is 3.70. The van der Waals surface area contributed by atoms with E-state index in [9.17, 15) is 37.3 Å². The molecule has 0 aliphatic heterocycles. The van der Waals surface area contributed by atoms with E-state index < -0.39 is 61.8 Å². The number of anilines is 1. The van der Waals surface area contributed by atoms with E-state index in [4.69, 9.17) is 11.6 Å². The smallest absolute Gasteiger partial charge is 0.255 e. The number of hydrogen-bond donors (Lipinski definition) is 4. The average Bonchev–Trinajstić information content (AvgIpc) is 2.97. The molecule has 2 saturated carbocycles. The van der Waals surface area contributed by atoms with E-state index in [2.05, 4.69) is 5.32 Å². The minimum absolute atomic E-state index is 0.00763. The Morgan fingerprint density at radius 3 is 2.28 bits per heavy atom. The maximum atomic E-state index is 13.6. The topological polar surface area (TPSA) is 124 Å². The summed E-state index contributed by atoms with van der Waals surface area (Å²) in [5, 5.41) is 33.7. The van der Waals surface area contributed by atoms with E-state index in [1.165, 1.54) is 32.0 Å². The summed E-state index contributed by atoms with van der Waals surface area (Å²) in [5.41, 5.74) is -3.23. The molecule has 2 aliphatic carbocycles. The van der Waals surface area contributed by atoms with Crippen molar-refractivity contribution in [1.29, 1.82) is 0 Å². The molecule has 4 N–H and O–H groups in total. The molecule has 2 aliphatic rings. The van der Waals surface area contributed by atoms with Gasteiger partial charge in [0.15, 0.2) is 21.5 Å². The summed E-state index contributed by atoms with van der Waals surface area (Å²) in [7, 11) is -4.05. The van der Waals surface area contributed by atoms with Gasteiger partial charge < -0.3 is 20.6 Å². The van der Waals surface area contributed by atoms with Gasteiger partial charge in [0, 0.05) is 17.3 Å². The quantitative estimate of drug-likeness (QED) is 0.440. The Bertz CT molecular complexity index is 1280. The molecule has 3 atom stereocenters. The summed E-state index contributed by atoms with van der Waals surface area (Å²) >= 11 is 6.23. The molecule has 0 heterocycles. The van der Waals surface area contributed by atoms with Gasteiger partial charge in [-0.2, -0.15) is 0 Å². The molecule has 0 radical (unpaired) electrons. The number of rotatable bonds is 6. The van der Waals surface area contributed by atoms with Crippen molar-refractivity contribution in [2.75, 3.05) is 5.32 Å². The molecule has 2 bridgehead atoms. The van der Waals surface area contributed by atoms with Crippen LogP contribution in [-0.4, -0.2) is 52.2 Å². The minimum Gasteiger partial charge on any atom is -0.388 e. The number of sulfone groups is 1. The Morgan fingerprint density at radius 2 is 1.72 bits per heavy atom. The molecule has 2 unspecified atom stereocenters. The lowest BCUT2D eigenvalue weighted by Crippen LogP contribution is -2.62. The van der Waals surface area contributed by atoms with Crippen LogP contribution in [0.5, 0.6) is 0 Å². The van der Waals surface area contributed by atoms with E-state index in [1.807, 2.05) is 0 Å². The molecule has 196 valence electrons. The van der Waals surface area contributed by atoms with Crippen LogP contribution in [0.4, 0.5) is 14.5 Å². The molecule has 0 spiro atoms. The minimum atomic E-state index is -4.05. The number of fused-ring (bicyclic) bond motifs is 2. The number of nitrogens with one attached hydrogen (secondary N) is 1. The molecule has 2 fully saturated rings. The van der Waals surface area contributed by atoms with E-state index >= 15 is 0 Å². The molecule has 0 aromatic heterocycles. The fraction of sp³-hybridized carbons (Fsp3) is 0.480. The Labute approximate surface area is 213 Å². The van der Waals surface area contributed by atoms with Crippen LogP contribution in [0.2, 0.25) is 5.02 Å². The molecule has 11 heteroatoms. The van der Waals surface area contributed by atoms with Crippen molar-refractivity contribution in [1.82, 2.24) is 0 Å². The van der Waals surface area contributed by atoms with Crippen LogP contribution in [-0.2, 0) is 9.84 Å². The van der Waals surface area contributed by atoms with Crippen molar-refractivity contribution < 1.29 is 37.3 Å². The fourth-order valence-electron chi connectivity index (χ4n) is 5.63. The first-order valence-electron chi connectivity index (χ1n) is 11.6. The van der Waals surface area contributed by atoms with Crippen molar-refractivity contribution >= 4 is 33.0 Å². The highest BCUT2D eigenvalue weighted by Gasteiger charge is 2.61. The molecule has 2 aromatic rings. The summed E-state index contributed by atoms with van der Waals surface area (Å²) in [4.78, 5) is 12.4. The number of halogens is 3. The zero-order valence-electron chi connectivity index (χ0n) is 19.7. The molecule has 36 heavy (non-hydrogen) atoms. The van der Waals surface area contributed by atoms with Gasteiger partial charge in [-0.1, -0.05) is 11.6 Å². The molecular weight excluding hydrogens is 516 g/mol. The van der Waals surface area contributed by atoms with Gasteiger partial charge in [-0.3, -0.25) is 4.79 Å². The van der Waals surface area contributed by atoms with Gasteiger partial charge in [0.05, 0.1) is 26.4 Å². The first-order chi connectivity index (χ1) is 16.7. The number of aliphatic hydroxyl groups is 3. The number of hydrogen-bond acceptors (Lipinski definition) is 6. The highest BCUT2D eigenvalue weighted by atomic mass is 35.5. The normalized spacial score (nSPS) is 27.1. The van der Waals surface area contributed by atoms with Gasteiger partial charge in [-0.15, -0.1) is 0 Å². The molecule has 1 amide bonds. The second-order valence-corrected chi connectivity index (χ2v) is 12.9. The number of aliphatic hydroxyl groups excluding tert-OH is 1. The van der Waals surface area contributed by atoms with Crippen LogP contribution in [0.25, 0.3) is 0 Å². The first-order valence-corrected chi connectivity index (χ1v) is 13.5. The molecule has 0 saturated heterocycles. The second-order valence-electron chi connectivity index (χ2n) is 10.3. The molecule has 4 rings (SSSR count). The van der Waals surface area contributed by atoms with Crippen LogP contribution in [0.15, 0.2) is 41.3 Å². The van der Waals surface area contributed by atoms with E-state index in [-0.39, 0.29) is 34.0 Å². The SMILES string of the molecule is CC(C)(O)[C@@H](O)C1(O)C2CCC1CC(S(=O)(=O)c1cc(C(=O)Nc3ccc(F)c(F)c3)ccc1Cl)C2. The monoisotopic (exact) mass is 543 g/mol. The summed E-state index contributed by atoms with van der Waals surface area (Å²) < 4.78 is 53.9. The fourth-order valence-corrected chi connectivity index (χ4v) is 8.03. The van der Waals surface area contributed by atoms with Crippen LogP contribution in [0.1, 0.15) is 49.9 Å². The summed E-state index contributed by atoms with van der Waals surface area (Å²) in [6.07, 6.45) is -0.318. The zero-order valence-corrected chi connectivity index (χ0v) is 21.3. The van der Waals surface area contributed by atoms with Gasteiger partial charge in [0.1, 0.15) is 6.10 Å². The third-order valence-electron chi connectivity index (χ3n) is 7.49. The lowest BCUT2D eigenvalue weighted by molar-refractivity contribution is -0.200. The van der Waals surface area contributed by atoms with Crippen molar-refractivity contribution in [2.45, 2.75) is 67.0 Å². The van der Waals surface area contributed by atoms with Gasteiger partial charge in [0.25, 0.3) is 5.91 Å². The number of amides is 1. The van der Waals surface area contributed by atoms with Gasteiger partial charge in [-0.05, 0) is 81.7 Å². The Kier molecular flexibility index (Phi) is 6.98. The maximum Gasteiger partial charge on any atom is 0.255 e. The van der Waals surface area contributed by atoms with Crippen molar-refractivity contribution in [3.05, 3.63) is 58.6 Å². The lowest BCUT2D eigenvalue weighted by atomic mass is 9.68. The van der Waals surface area contributed by atoms with Crippen molar-refractivity contribution in [3.63, 3.8) is 0 Å². The zero-order chi connectivity index (χ0) is 26.6. The van der Waals surface area contributed by atoms with Crippen molar-refractivity contribution in [3.8, 4) is 0 Å². The average molecular weight is 544 g/mol. The summed E-state index contributed by atoms with van der Waals surface area (Å²) in [6.45, 7) is 2.79. The second kappa shape index (κ2) is 9.33. The predicted molar refractivity (Wildman–Crippen MR) is 129 cm³/mol. The Morgan fingerprint density at radius 1 is 1.11 bits per heavy atom. The maximum absolute atomic E-state index is 13.6. The standard InChI is InChI=1S/C25H28ClF2NO6S/c1-24(2,32)23(31)25(33)14-4-5-15(25)11-17(10-14)36(34,35)21-9-13(3-7-18(21)26)22(30)29-16-6-8-19(27)20(28)12-16/h3,6-9,12,14-15,17,23,31-33H,4-5,10-11H2,1-2H3,(H,29,30)/t14?,15?,17?,23-,25?/m1/s1. The van der Waals surface area contributed by atoms with Crippen molar-refractivity contribution in [2.24, 2.45) is 11.8 Å². The molecule has 7 nitrogen and oxygen atoms in total. The van der Waals surface area contributed by atoms with E-state index in [1.54, 1.807) is 0 Å². The van der Waals surface area contributed by atoms with Crippen LogP contribution < -0.4 is 5.32 Å². The highest BCUT2D eigenvalue weighted by molar-refractivity contribution is 7.92. The largest absolute Gasteiger partial charge is 0.388 e. The number of benzene rings is 2. The van der Waals surface area contributed by atoms with Gasteiger partial charge in [-0.25, -0.2) is 17.2 Å². The third kappa shape index (κ3) is 4.65. The molecule has 2 aromatic carbocycles. The van der Waals surface area contributed by atoms with Crippen LogP contribution in [0.3, 0.4) is 0 Å². The Balaban J connectivity index is 1.59. The van der Waals surface area contributed by atoms with E-state index in [0.717, 1.165) is 18.2 Å². The first kappa shape index (κ1) is 26.9. The number of carbonyl (C=O) groups excluding carboxylic acids is 1. The lowest BCUT2D eigenvalue weighted by Gasteiger charge is -2.48. The Hall–Kier alpha value is -2.11. The van der Waals surface area contributed by atoms with Crippen LogP contribution >= 0.6 is 11.6 Å². The highest BCUT2D eigenvalue weighted by Crippen LogP contribution is 2.54. The van der Waals surface area contributed by atoms with Crippen LogP contribution in [0, 0.1) is 23.5 Å². The summed E-state index contributed by atoms with van der Waals surface area (Å²) in [5.74, 6) is -4.04. The molecular formula is C25H28ClF2NO6S. The summed E-state index contributed by atoms with van der Waals surface area (Å²) in [6, 6.07) is 6.57. The third-order valence-corrected chi connectivity index (χ3v) is 10.1. The van der Waals surface area contributed by atoms with Gasteiger partial charge >= 0.3 is 0 Å².